The summed E-state index contributed by atoms with van der Waals surface area (Å²) < 4.78 is 13.5. The number of hydrogen-bond acceptors (Lipinski definition) is 9. The summed E-state index contributed by atoms with van der Waals surface area (Å²) in [5.41, 5.74) is 9.95. The lowest BCUT2D eigenvalue weighted by molar-refractivity contribution is -0.143. The number of carbonyl (C=O) groups is 2. The first-order chi connectivity index (χ1) is 22.5. The van der Waals surface area contributed by atoms with Crippen LogP contribution in [0.2, 0.25) is 5.02 Å². The van der Waals surface area contributed by atoms with Crippen molar-refractivity contribution in [2.75, 3.05) is 37.8 Å². The predicted octanol–water partition coefficient (Wildman–Crippen LogP) is 4.44. The van der Waals surface area contributed by atoms with Gasteiger partial charge in [-0.15, -0.1) is 0 Å². The zero-order valence-corrected chi connectivity index (χ0v) is 27.8. The van der Waals surface area contributed by atoms with E-state index in [1.54, 1.807) is 11.1 Å². The topological polar surface area (TPSA) is 142 Å². The number of fused-ring (bicyclic) bond motifs is 2. The van der Waals surface area contributed by atoms with E-state index >= 15 is 0 Å². The molecule has 13 heteroatoms. The zero-order chi connectivity index (χ0) is 33.0. The molecule has 0 unspecified atom stereocenters. The first-order valence-electron chi connectivity index (χ1n) is 16.1. The van der Waals surface area contributed by atoms with Gasteiger partial charge in [-0.25, -0.2) is 19.6 Å². The third-order valence-electron chi connectivity index (χ3n) is 9.59. The lowest BCUT2D eigenvalue weighted by Gasteiger charge is -2.51. The maximum Gasteiger partial charge on any atom is 0.265 e. The maximum absolute atomic E-state index is 13.2. The van der Waals surface area contributed by atoms with Crippen molar-refractivity contribution in [2.24, 2.45) is 17.6 Å². The number of pyridine rings is 1. The number of rotatable bonds is 8. The van der Waals surface area contributed by atoms with E-state index < -0.39 is 5.91 Å². The van der Waals surface area contributed by atoms with Gasteiger partial charge >= 0.3 is 0 Å². The molecule has 1 aromatic carbocycles. The number of hydrogen-bond donors (Lipinski definition) is 1. The first-order valence-corrected chi connectivity index (χ1v) is 16.5. The summed E-state index contributed by atoms with van der Waals surface area (Å²) in [4.78, 5) is 43.9. The molecular weight excluding hydrogens is 620 g/mol. The predicted molar refractivity (Wildman–Crippen MR) is 177 cm³/mol. The molecule has 2 N–H and O–H groups in total. The lowest BCUT2D eigenvalue weighted by Crippen LogP contribution is -2.63. The molecule has 0 spiro atoms. The van der Waals surface area contributed by atoms with Crippen molar-refractivity contribution in [3.63, 3.8) is 0 Å². The second-order valence-electron chi connectivity index (χ2n) is 13.6. The number of anilines is 1. The van der Waals surface area contributed by atoms with Crippen molar-refractivity contribution < 1.29 is 19.1 Å². The number of likely N-dealkylation sites (tertiary alicyclic amines) is 1. The van der Waals surface area contributed by atoms with E-state index in [4.69, 9.17) is 36.9 Å². The van der Waals surface area contributed by atoms with Gasteiger partial charge in [0.25, 0.3) is 11.8 Å². The molecule has 0 aliphatic carbocycles. The summed E-state index contributed by atoms with van der Waals surface area (Å²) in [7, 11) is 0. The van der Waals surface area contributed by atoms with Gasteiger partial charge in [-0.1, -0.05) is 38.4 Å². The molecule has 3 aromatic heterocycles. The Hall–Kier alpha value is -4.13. The number of halogens is 1. The normalized spacial score (nSPS) is 21.1. The highest BCUT2D eigenvalue weighted by molar-refractivity contribution is 6.30. The smallest absolute Gasteiger partial charge is 0.265 e. The molecule has 4 aromatic rings. The van der Waals surface area contributed by atoms with Crippen molar-refractivity contribution in [1.29, 1.82) is 0 Å². The van der Waals surface area contributed by atoms with E-state index in [0.717, 1.165) is 49.3 Å². The molecule has 3 aliphatic heterocycles. The van der Waals surface area contributed by atoms with E-state index in [2.05, 4.69) is 47.2 Å². The third-order valence-corrected chi connectivity index (χ3v) is 9.79. The SMILES string of the molecule is CC(C)Cc1nc2c(cnn2[C@H]2CCN(C3(C)COC3)C[C@@H]2C)c(-c2ccc3c(c2)OCC(=O)N3Cc2ncc(Cl)cn2)c1C(N)=O. The van der Waals surface area contributed by atoms with Crippen molar-refractivity contribution in [1.82, 2.24) is 29.6 Å². The molecule has 0 bridgehead atoms. The van der Waals surface area contributed by atoms with Gasteiger partial charge in [-0.05, 0) is 49.3 Å². The number of ether oxygens (including phenoxy) is 2. The lowest BCUT2D eigenvalue weighted by atomic mass is 9.88. The highest BCUT2D eigenvalue weighted by Gasteiger charge is 2.43. The highest BCUT2D eigenvalue weighted by Crippen LogP contribution is 2.42. The minimum atomic E-state index is -0.550. The molecule has 6 heterocycles. The van der Waals surface area contributed by atoms with Crippen LogP contribution in [0, 0.1) is 11.8 Å². The maximum atomic E-state index is 13.2. The van der Waals surface area contributed by atoms with Gasteiger partial charge in [0, 0.05) is 36.4 Å². The van der Waals surface area contributed by atoms with Crippen LogP contribution in [0.4, 0.5) is 5.69 Å². The van der Waals surface area contributed by atoms with Crippen LogP contribution >= 0.6 is 11.6 Å². The summed E-state index contributed by atoms with van der Waals surface area (Å²) in [5, 5.41) is 6.08. The Kier molecular flexibility index (Phi) is 8.13. The fourth-order valence-corrected chi connectivity index (χ4v) is 7.21. The summed E-state index contributed by atoms with van der Waals surface area (Å²) >= 11 is 5.96. The van der Waals surface area contributed by atoms with Gasteiger partial charge < -0.3 is 15.2 Å². The van der Waals surface area contributed by atoms with Gasteiger partial charge in [0.05, 0.1) is 59.5 Å². The minimum absolute atomic E-state index is 0.0915. The Morgan fingerprint density at radius 2 is 1.96 bits per heavy atom. The third kappa shape index (κ3) is 5.72. The average Bonchev–Trinajstić information content (AvgIpc) is 3.44. The molecular formula is C34H39ClN8O4. The van der Waals surface area contributed by atoms with Crippen LogP contribution in [0.1, 0.15) is 62.0 Å². The number of amides is 2. The molecule has 12 nitrogen and oxygen atoms in total. The summed E-state index contributed by atoms with van der Waals surface area (Å²) in [6.07, 6.45) is 6.30. The zero-order valence-electron chi connectivity index (χ0n) is 27.1. The molecule has 2 saturated heterocycles. The largest absolute Gasteiger partial charge is 0.482 e. The Morgan fingerprint density at radius 3 is 2.62 bits per heavy atom. The second-order valence-corrected chi connectivity index (χ2v) is 14.1. The Bertz CT molecular complexity index is 1860. The standard InChI is InChI=1S/C34H39ClN8O4/c1-19(2)9-24-31(32(36)45)30(21-5-6-26-27(10-21)47-16-29(44)42(26)15-28-37-11-22(35)12-38-28)23-13-39-43(33(23)40-24)25-7-8-41(14-20(25)3)34(4)17-46-18-34/h5-6,10-13,19-20,25H,7-9,14-18H2,1-4H3,(H2,36,45)/t20-,25-/m0/s1. The Morgan fingerprint density at radius 1 is 1.19 bits per heavy atom. The van der Waals surface area contributed by atoms with Crippen molar-refractivity contribution in [3.8, 4) is 16.9 Å². The van der Waals surface area contributed by atoms with E-state index in [9.17, 15) is 9.59 Å². The quantitative estimate of drug-likeness (QED) is 0.291. The Labute approximate surface area is 278 Å². The highest BCUT2D eigenvalue weighted by atomic mass is 35.5. The molecule has 2 amide bonds. The number of benzene rings is 1. The average molecular weight is 659 g/mol. The van der Waals surface area contributed by atoms with Crippen molar-refractivity contribution >= 4 is 40.1 Å². The van der Waals surface area contributed by atoms with Crippen molar-refractivity contribution in [3.05, 3.63) is 58.9 Å². The van der Waals surface area contributed by atoms with Crippen LogP contribution in [0.3, 0.4) is 0 Å². The number of nitrogens with two attached hydrogens (primary N) is 1. The summed E-state index contributed by atoms with van der Waals surface area (Å²) in [6, 6.07) is 5.71. The second kappa shape index (κ2) is 12.1. The van der Waals surface area contributed by atoms with E-state index in [-0.39, 0.29) is 36.6 Å². The first kappa shape index (κ1) is 31.5. The van der Waals surface area contributed by atoms with E-state index in [1.165, 1.54) is 12.4 Å². The number of carbonyl (C=O) groups excluding carboxylic acids is 2. The molecule has 0 saturated carbocycles. The van der Waals surface area contributed by atoms with E-state index in [0.29, 0.717) is 51.4 Å². The van der Waals surface area contributed by atoms with Gasteiger partial charge in [-0.3, -0.25) is 19.4 Å². The molecule has 2 fully saturated rings. The van der Waals surface area contributed by atoms with Gasteiger partial charge in [0.2, 0.25) is 0 Å². The van der Waals surface area contributed by atoms with E-state index in [1.807, 2.05) is 18.2 Å². The minimum Gasteiger partial charge on any atom is -0.482 e. The molecule has 3 aliphatic rings. The summed E-state index contributed by atoms with van der Waals surface area (Å²) in [5.74, 6) is 0.745. The molecule has 246 valence electrons. The van der Waals surface area contributed by atoms with Crippen LogP contribution in [0.15, 0.2) is 36.8 Å². The molecule has 0 radical (unpaired) electrons. The fraction of sp³-hybridized carbons (Fsp3) is 0.471. The van der Waals surface area contributed by atoms with Crippen molar-refractivity contribution in [2.45, 2.75) is 58.7 Å². The number of nitrogens with zero attached hydrogens (tertiary/aromatic N) is 7. The van der Waals surface area contributed by atoms with Gasteiger partial charge in [0.15, 0.2) is 12.3 Å². The van der Waals surface area contributed by atoms with Crippen LogP contribution in [0.25, 0.3) is 22.2 Å². The number of piperidine rings is 1. The molecule has 47 heavy (non-hydrogen) atoms. The molecule has 7 rings (SSSR count). The van der Waals surface area contributed by atoms with Gasteiger partial charge in [-0.2, -0.15) is 5.10 Å². The van der Waals surface area contributed by atoms with Crippen LogP contribution < -0.4 is 15.4 Å². The number of aromatic nitrogens is 5. The Balaban J connectivity index is 1.31. The number of primary amides is 1. The van der Waals surface area contributed by atoms with Crippen LogP contribution in [-0.2, 0) is 22.5 Å². The molecule has 2 atom stereocenters. The monoisotopic (exact) mass is 658 g/mol. The summed E-state index contributed by atoms with van der Waals surface area (Å²) in [6.45, 7) is 12.2. The fourth-order valence-electron chi connectivity index (χ4n) is 7.11. The van der Waals surface area contributed by atoms with Crippen LogP contribution in [0.5, 0.6) is 5.75 Å². The van der Waals surface area contributed by atoms with Crippen LogP contribution in [-0.4, -0.2) is 79.9 Å². The van der Waals surface area contributed by atoms with Gasteiger partial charge in [0.1, 0.15) is 11.6 Å².